The molecule has 1 heteroatoms. The Balaban J connectivity index is 1.91. The van der Waals surface area contributed by atoms with E-state index in [-0.39, 0.29) is 5.54 Å². The zero-order valence-electron chi connectivity index (χ0n) is 10.8. The van der Waals surface area contributed by atoms with E-state index in [1.807, 2.05) is 0 Å². The van der Waals surface area contributed by atoms with Crippen molar-refractivity contribution in [1.29, 1.82) is 0 Å². The molecule has 0 fully saturated rings. The van der Waals surface area contributed by atoms with Gasteiger partial charge in [-0.05, 0) is 42.9 Å². The van der Waals surface area contributed by atoms with Crippen LogP contribution in [0.2, 0.25) is 0 Å². The van der Waals surface area contributed by atoms with Gasteiger partial charge in [0.05, 0.1) is 0 Å². The lowest BCUT2D eigenvalue weighted by Gasteiger charge is -2.25. The van der Waals surface area contributed by atoms with E-state index in [1.54, 1.807) is 0 Å². The maximum atomic E-state index is 6.64. The second-order valence-electron chi connectivity index (χ2n) is 5.48. The monoisotopic (exact) mass is 237 g/mol. The van der Waals surface area contributed by atoms with Gasteiger partial charge in [0.1, 0.15) is 0 Å². The van der Waals surface area contributed by atoms with Crippen LogP contribution in [0.1, 0.15) is 28.7 Å². The predicted octanol–water partition coefficient (Wildman–Crippen LogP) is 3.34. The average Bonchev–Trinajstić information content (AvgIpc) is 2.71. The van der Waals surface area contributed by atoms with Crippen LogP contribution < -0.4 is 5.73 Å². The summed E-state index contributed by atoms with van der Waals surface area (Å²) in [6.45, 7) is 2.12. The molecule has 0 aliphatic heterocycles. The van der Waals surface area contributed by atoms with E-state index in [4.69, 9.17) is 5.73 Å². The molecule has 1 atom stereocenters. The van der Waals surface area contributed by atoms with Crippen LogP contribution in [0.3, 0.4) is 0 Å². The molecule has 1 aliphatic rings. The van der Waals surface area contributed by atoms with Crippen molar-refractivity contribution in [3.8, 4) is 0 Å². The Morgan fingerprint density at radius 2 is 1.78 bits per heavy atom. The second-order valence-corrected chi connectivity index (χ2v) is 5.48. The fraction of sp³-hybridized carbons (Fsp3) is 0.294. The van der Waals surface area contributed by atoms with E-state index in [1.165, 1.54) is 22.3 Å². The number of fused-ring (bicyclic) bond motifs is 1. The van der Waals surface area contributed by atoms with Gasteiger partial charge in [0.25, 0.3) is 0 Å². The molecule has 0 aromatic heterocycles. The SMILES string of the molecule is Cc1ccc(CC2(N)CCc3ccccc32)cc1. The molecule has 0 saturated carbocycles. The van der Waals surface area contributed by atoms with Crippen LogP contribution in [-0.2, 0) is 18.4 Å². The summed E-state index contributed by atoms with van der Waals surface area (Å²) < 4.78 is 0. The van der Waals surface area contributed by atoms with Gasteiger partial charge in [0, 0.05) is 5.54 Å². The summed E-state index contributed by atoms with van der Waals surface area (Å²) >= 11 is 0. The van der Waals surface area contributed by atoms with Crippen LogP contribution in [0.4, 0.5) is 0 Å². The van der Waals surface area contributed by atoms with Gasteiger partial charge in [-0.25, -0.2) is 0 Å². The summed E-state index contributed by atoms with van der Waals surface area (Å²) in [4.78, 5) is 0. The molecule has 92 valence electrons. The fourth-order valence-electron chi connectivity index (χ4n) is 2.97. The first-order valence-corrected chi connectivity index (χ1v) is 6.60. The van der Waals surface area contributed by atoms with Crippen molar-refractivity contribution < 1.29 is 0 Å². The van der Waals surface area contributed by atoms with Crippen molar-refractivity contribution in [2.45, 2.75) is 31.7 Å². The van der Waals surface area contributed by atoms with Crippen LogP contribution in [0, 0.1) is 6.92 Å². The van der Waals surface area contributed by atoms with E-state index in [0.717, 1.165) is 19.3 Å². The van der Waals surface area contributed by atoms with Gasteiger partial charge in [-0.2, -0.15) is 0 Å². The predicted molar refractivity (Wildman–Crippen MR) is 75.5 cm³/mol. The van der Waals surface area contributed by atoms with E-state index >= 15 is 0 Å². The van der Waals surface area contributed by atoms with Crippen LogP contribution in [-0.4, -0.2) is 0 Å². The molecule has 1 unspecified atom stereocenters. The Morgan fingerprint density at radius 3 is 2.56 bits per heavy atom. The van der Waals surface area contributed by atoms with Gasteiger partial charge in [0.15, 0.2) is 0 Å². The summed E-state index contributed by atoms with van der Waals surface area (Å²) in [5, 5.41) is 0. The third-order valence-electron chi connectivity index (χ3n) is 4.03. The zero-order chi connectivity index (χ0) is 12.6. The maximum absolute atomic E-state index is 6.64. The van der Waals surface area contributed by atoms with E-state index < -0.39 is 0 Å². The van der Waals surface area contributed by atoms with Gasteiger partial charge in [-0.15, -0.1) is 0 Å². The summed E-state index contributed by atoms with van der Waals surface area (Å²) in [6.07, 6.45) is 3.10. The molecule has 2 aromatic rings. The number of hydrogen-bond donors (Lipinski definition) is 1. The molecule has 0 radical (unpaired) electrons. The highest BCUT2D eigenvalue weighted by molar-refractivity contribution is 5.40. The van der Waals surface area contributed by atoms with Crippen LogP contribution in [0.5, 0.6) is 0 Å². The summed E-state index contributed by atoms with van der Waals surface area (Å²) in [5.41, 5.74) is 11.9. The molecule has 0 heterocycles. The van der Waals surface area contributed by atoms with Gasteiger partial charge in [0.2, 0.25) is 0 Å². The van der Waals surface area contributed by atoms with Crippen molar-refractivity contribution in [2.75, 3.05) is 0 Å². The Bertz CT molecular complexity index is 556. The minimum atomic E-state index is -0.175. The quantitative estimate of drug-likeness (QED) is 0.851. The van der Waals surface area contributed by atoms with E-state index in [2.05, 4.69) is 55.5 Å². The van der Waals surface area contributed by atoms with E-state index in [9.17, 15) is 0 Å². The normalized spacial score (nSPS) is 21.9. The number of hydrogen-bond acceptors (Lipinski definition) is 1. The average molecular weight is 237 g/mol. The molecule has 2 N–H and O–H groups in total. The Hall–Kier alpha value is -1.60. The van der Waals surface area contributed by atoms with Crippen LogP contribution in [0.15, 0.2) is 48.5 Å². The fourth-order valence-corrected chi connectivity index (χ4v) is 2.97. The van der Waals surface area contributed by atoms with Crippen LogP contribution >= 0.6 is 0 Å². The lowest BCUT2D eigenvalue weighted by Crippen LogP contribution is -2.36. The third kappa shape index (κ3) is 1.95. The second kappa shape index (κ2) is 4.25. The third-order valence-corrected chi connectivity index (χ3v) is 4.03. The lowest BCUT2D eigenvalue weighted by molar-refractivity contribution is 0.439. The van der Waals surface area contributed by atoms with Gasteiger partial charge in [-0.3, -0.25) is 0 Å². The minimum Gasteiger partial charge on any atom is -0.321 e. The topological polar surface area (TPSA) is 26.0 Å². The van der Waals surface area contributed by atoms with Crippen molar-refractivity contribution in [2.24, 2.45) is 5.73 Å². The maximum Gasteiger partial charge on any atom is 0.0456 e. The standard InChI is InChI=1S/C17H19N/c1-13-6-8-14(9-7-13)12-17(18)11-10-15-4-2-3-5-16(15)17/h2-9H,10-12,18H2,1H3. The summed E-state index contributed by atoms with van der Waals surface area (Å²) in [6, 6.07) is 17.3. The molecule has 1 aliphatic carbocycles. The summed E-state index contributed by atoms with van der Waals surface area (Å²) in [7, 11) is 0. The first-order chi connectivity index (χ1) is 8.67. The van der Waals surface area contributed by atoms with Crippen molar-refractivity contribution in [3.63, 3.8) is 0 Å². The number of rotatable bonds is 2. The molecular formula is C17H19N. The molecule has 1 nitrogen and oxygen atoms in total. The van der Waals surface area contributed by atoms with Gasteiger partial charge in [-0.1, -0.05) is 54.1 Å². The largest absolute Gasteiger partial charge is 0.321 e. The van der Waals surface area contributed by atoms with Crippen molar-refractivity contribution in [3.05, 3.63) is 70.8 Å². The molecular weight excluding hydrogens is 218 g/mol. The molecule has 2 aromatic carbocycles. The summed E-state index contributed by atoms with van der Waals surface area (Å²) in [5.74, 6) is 0. The molecule has 0 spiro atoms. The molecule has 18 heavy (non-hydrogen) atoms. The molecule has 0 saturated heterocycles. The smallest absolute Gasteiger partial charge is 0.0456 e. The number of aryl methyl sites for hydroxylation is 2. The minimum absolute atomic E-state index is 0.175. The van der Waals surface area contributed by atoms with Crippen molar-refractivity contribution >= 4 is 0 Å². The van der Waals surface area contributed by atoms with Crippen molar-refractivity contribution in [1.82, 2.24) is 0 Å². The zero-order valence-corrected chi connectivity index (χ0v) is 10.8. The Kier molecular flexibility index (Phi) is 2.71. The first kappa shape index (κ1) is 11.5. The van der Waals surface area contributed by atoms with Gasteiger partial charge >= 0.3 is 0 Å². The highest BCUT2D eigenvalue weighted by Crippen LogP contribution is 2.37. The molecule has 0 amide bonds. The Labute approximate surface area is 109 Å². The lowest BCUT2D eigenvalue weighted by atomic mass is 9.86. The highest BCUT2D eigenvalue weighted by Gasteiger charge is 2.34. The number of nitrogens with two attached hydrogens (primary N) is 1. The number of benzene rings is 2. The van der Waals surface area contributed by atoms with E-state index in [0.29, 0.717) is 0 Å². The molecule has 3 rings (SSSR count). The Morgan fingerprint density at radius 1 is 1.06 bits per heavy atom. The van der Waals surface area contributed by atoms with Gasteiger partial charge < -0.3 is 5.73 Å². The first-order valence-electron chi connectivity index (χ1n) is 6.60. The van der Waals surface area contributed by atoms with Crippen LogP contribution in [0.25, 0.3) is 0 Å². The molecule has 0 bridgehead atoms. The highest BCUT2D eigenvalue weighted by atomic mass is 14.8.